The Morgan fingerprint density at radius 1 is 0.583 bits per heavy atom. The fourth-order valence-corrected chi connectivity index (χ4v) is 5.16. The Morgan fingerprint density at radius 2 is 0.938 bits per heavy atom. The van der Waals surface area contributed by atoms with E-state index >= 15 is 0 Å². The summed E-state index contributed by atoms with van der Waals surface area (Å²) in [5.41, 5.74) is 1.22. The van der Waals surface area contributed by atoms with Gasteiger partial charge in [-0.1, -0.05) is 31.7 Å². The average Bonchev–Trinajstić information content (AvgIpc) is 3.42. The average molecular weight is 667 g/mol. The van der Waals surface area contributed by atoms with Gasteiger partial charge in [-0.05, 0) is 110 Å². The second-order valence-corrected chi connectivity index (χ2v) is 14.3. The van der Waals surface area contributed by atoms with E-state index in [0.717, 1.165) is 24.1 Å². The highest BCUT2D eigenvalue weighted by molar-refractivity contribution is 6.62. The molecule has 4 fully saturated rings. The first-order valence-electron chi connectivity index (χ1n) is 16.6. The molecule has 2 aromatic rings. The van der Waals surface area contributed by atoms with Crippen LogP contribution in [-0.4, -0.2) is 98.0 Å². The van der Waals surface area contributed by atoms with Crippen molar-refractivity contribution < 1.29 is 42.8 Å². The molecular formula is C36H55B2NO9. The lowest BCUT2D eigenvalue weighted by Crippen LogP contribution is -2.41. The molecule has 10 nitrogen and oxygen atoms in total. The molecule has 0 saturated carbocycles. The van der Waals surface area contributed by atoms with E-state index in [0.29, 0.717) is 31.9 Å². The minimum atomic E-state index is -0.935. The third kappa shape index (κ3) is 9.70. The molecule has 4 heterocycles. The summed E-state index contributed by atoms with van der Waals surface area (Å²) in [6.45, 7) is 20.6. The van der Waals surface area contributed by atoms with Gasteiger partial charge in [0, 0.05) is 31.9 Å². The number of nitrogens with zero attached hydrogens (tertiary/aromatic N) is 1. The maximum atomic E-state index is 12.4. The maximum Gasteiger partial charge on any atom is 0.494 e. The topological polar surface area (TPSA) is 113 Å². The van der Waals surface area contributed by atoms with Gasteiger partial charge in [-0.3, -0.25) is 4.79 Å². The smallest absolute Gasteiger partial charge is 0.478 e. The molecule has 1 N–H and O–H groups in total. The van der Waals surface area contributed by atoms with Crippen LogP contribution in [0.2, 0.25) is 0 Å². The predicted molar refractivity (Wildman–Crippen MR) is 189 cm³/mol. The highest BCUT2D eigenvalue weighted by Crippen LogP contribution is 2.37. The van der Waals surface area contributed by atoms with Gasteiger partial charge in [0.1, 0.15) is 0 Å². The Bertz CT molecular complexity index is 1290. The summed E-state index contributed by atoms with van der Waals surface area (Å²) in [4.78, 5) is 25.1. The molecule has 0 atom stereocenters. The molecule has 0 aliphatic carbocycles. The van der Waals surface area contributed by atoms with Gasteiger partial charge in [-0.2, -0.15) is 0 Å². The number of carbonyl (C=O) groups excluding carboxylic acids is 1. The summed E-state index contributed by atoms with van der Waals surface area (Å²) >= 11 is 0. The molecule has 0 aromatic heterocycles. The number of carboxylic acid groups (broad SMARTS) is 1. The summed E-state index contributed by atoms with van der Waals surface area (Å²) < 4.78 is 34.2. The number of morpholine rings is 1. The molecular weight excluding hydrogens is 612 g/mol. The van der Waals surface area contributed by atoms with Gasteiger partial charge in [0.25, 0.3) is 5.91 Å². The molecule has 4 aliphatic heterocycles. The van der Waals surface area contributed by atoms with Gasteiger partial charge in [-0.25, -0.2) is 4.79 Å². The Kier molecular flexibility index (Phi) is 13.5. The van der Waals surface area contributed by atoms with Crippen molar-refractivity contribution in [2.24, 2.45) is 0 Å². The van der Waals surface area contributed by atoms with Crippen LogP contribution in [0, 0.1) is 0 Å². The van der Waals surface area contributed by atoms with Crippen molar-refractivity contribution in [1.29, 1.82) is 0 Å². The zero-order valence-corrected chi connectivity index (χ0v) is 29.3. The van der Waals surface area contributed by atoms with Gasteiger partial charge in [0.15, 0.2) is 0 Å². The second kappa shape index (κ2) is 16.3. The number of amides is 1. The molecule has 0 unspecified atom stereocenters. The summed E-state index contributed by atoms with van der Waals surface area (Å²) in [7, 11) is -0.842. The van der Waals surface area contributed by atoms with E-state index in [-0.39, 0.29) is 41.3 Å². The summed E-state index contributed by atoms with van der Waals surface area (Å²) in [6, 6.07) is 14.1. The van der Waals surface area contributed by atoms with E-state index in [1.165, 1.54) is 19.3 Å². The number of carboxylic acids is 1. The van der Waals surface area contributed by atoms with E-state index in [4.69, 9.17) is 33.2 Å². The normalized spacial score (nSPS) is 22.0. The fourth-order valence-electron chi connectivity index (χ4n) is 5.16. The van der Waals surface area contributed by atoms with Crippen molar-refractivity contribution in [3.05, 3.63) is 59.7 Å². The van der Waals surface area contributed by atoms with E-state index in [1.54, 1.807) is 24.3 Å². The number of ether oxygens (including phenoxy) is 2. The van der Waals surface area contributed by atoms with Gasteiger partial charge < -0.3 is 38.1 Å². The Hall–Kier alpha value is -2.73. The van der Waals surface area contributed by atoms with Crippen LogP contribution in [-0.2, 0) is 28.1 Å². The Morgan fingerprint density at radius 3 is 1.25 bits per heavy atom. The predicted octanol–water partition coefficient (Wildman–Crippen LogP) is 4.97. The SMILES string of the molecule is C.C1CCOCC1.CC1(C)OB(c2ccc(C(=O)N3CCOCC3)cc2)OC1(C)C.CC1(C)OB(c2ccc(C(=O)O)cc2)OC1(C)C. The molecule has 12 heteroatoms. The van der Waals surface area contributed by atoms with Crippen LogP contribution in [0.3, 0.4) is 0 Å². The van der Waals surface area contributed by atoms with Gasteiger partial charge in [0.05, 0.1) is 41.2 Å². The minimum absolute atomic E-state index is 0. The molecule has 0 radical (unpaired) electrons. The number of aromatic carboxylic acids is 1. The quantitative estimate of drug-likeness (QED) is 0.452. The van der Waals surface area contributed by atoms with Crippen molar-refractivity contribution in [2.75, 3.05) is 39.5 Å². The van der Waals surface area contributed by atoms with Crippen LogP contribution >= 0.6 is 0 Å². The van der Waals surface area contributed by atoms with Crippen LogP contribution in [0.25, 0.3) is 0 Å². The lowest BCUT2D eigenvalue weighted by molar-refractivity contribution is 0.00578. The largest absolute Gasteiger partial charge is 0.494 e. The first kappa shape index (κ1) is 39.7. The van der Waals surface area contributed by atoms with Crippen LogP contribution in [0.15, 0.2) is 48.5 Å². The van der Waals surface area contributed by atoms with Crippen LogP contribution in [0.5, 0.6) is 0 Å². The van der Waals surface area contributed by atoms with Crippen molar-refractivity contribution in [2.45, 2.75) is 104 Å². The van der Waals surface area contributed by atoms with Crippen molar-refractivity contribution in [3.63, 3.8) is 0 Å². The standard InChI is InChI=1S/C17H24BNO4.C13H17BO4.C5H10O.CH4/c1-16(2)17(3,4)23-18(22-16)14-7-5-13(6-8-14)15(20)19-9-11-21-12-10-19;1-12(2)13(3,4)18-14(17-12)10-7-5-9(6-8-10)11(15)16;1-2-4-6-5-3-1;/h5-8H,9-12H2,1-4H3;5-8H,1-4H3,(H,15,16);1-5H2;1H4. The highest BCUT2D eigenvalue weighted by Gasteiger charge is 2.52. The van der Waals surface area contributed by atoms with E-state index < -0.39 is 20.2 Å². The minimum Gasteiger partial charge on any atom is -0.478 e. The number of hydrogen-bond donors (Lipinski definition) is 1. The van der Waals surface area contributed by atoms with Crippen molar-refractivity contribution in [3.8, 4) is 0 Å². The van der Waals surface area contributed by atoms with Crippen molar-refractivity contribution >= 4 is 37.0 Å². The number of benzene rings is 2. The number of carbonyl (C=O) groups is 2. The first-order chi connectivity index (χ1) is 22.0. The summed E-state index contributed by atoms with van der Waals surface area (Å²) in [5, 5.41) is 8.84. The van der Waals surface area contributed by atoms with Gasteiger partial charge >= 0.3 is 20.2 Å². The number of hydrogen-bond acceptors (Lipinski definition) is 8. The highest BCUT2D eigenvalue weighted by atomic mass is 16.7. The maximum absolute atomic E-state index is 12.4. The van der Waals surface area contributed by atoms with Gasteiger partial charge in [0.2, 0.25) is 0 Å². The third-order valence-corrected chi connectivity index (χ3v) is 9.74. The second-order valence-electron chi connectivity index (χ2n) is 14.3. The van der Waals surface area contributed by atoms with Crippen LogP contribution in [0.1, 0.15) is 103 Å². The molecule has 4 saturated heterocycles. The third-order valence-electron chi connectivity index (χ3n) is 9.74. The monoisotopic (exact) mass is 667 g/mol. The van der Waals surface area contributed by atoms with Gasteiger partial charge in [-0.15, -0.1) is 0 Å². The van der Waals surface area contributed by atoms with E-state index in [9.17, 15) is 9.59 Å². The first-order valence-corrected chi connectivity index (χ1v) is 16.6. The van der Waals surface area contributed by atoms with E-state index in [1.807, 2.05) is 84.6 Å². The summed E-state index contributed by atoms with van der Waals surface area (Å²) in [6.07, 6.45) is 3.93. The Balaban J connectivity index is 0.000000222. The molecule has 0 bridgehead atoms. The van der Waals surface area contributed by atoms with Crippen LogP contribution in [0.4, 0.5) is 0 Å². The molecule has 2 aromatic carbocycles. The molecule has 264 valence electrons. The zero-order chi connectivity index (χ0) is 34.5. The summed E-state index contributed by atoms with van der Waals surface area (Å²) in [5.74, 6) is -0.885. The Labute approximate surface area is 288 Å². The molecule has 48 heavy (non-hydrogen) atoms. The molecule has 1 amide bonds. The lowest BCUT2D eigenvalue weighted by Gasteiger charge is -2.32. The lowest BCUT2D eigenvalue weighted by atomic mass is 9.79. The molecule has 6 rings (SSSR count). The van der Waals surface area contributed by atoms with E-state index in [2.05, 4.69) is 0 Å². The van der Waals surface area contributed by atoms with Crippen LogP contribution < -0.4 is 10.9 Å². The fraction of sp³-hybridized carbons (Fsp3) is 0.611. The zero-order valence-electron chi connectivity index (χ0n) is 29.3. The molecule has 4 aliphatic rings. The molecule has 0 spiro atoms. The van der Waals surface area contributed by atoms with Crippen molar-refractivity contribution in [1.82, 2.24) is 4.90 Å². The number of rotatable bonds is 4.